The van der Waals surface area contributed by atoms with E-state index in [1.54, 1.807) is 6.92 Å². The fourth-order valence-electron chi connectivity index (χ4n) is 3.03. The highest BCUT2D eigenvalue weighted by molar-refractivity contribution is 5.87. The van der Waals surface area contributed by atoms with E-state index >= 15 is 0 Å². The monoisotopic (exact) mass is 450 g/mol. The average Bonchev–Trinajstić information content (AvgIpc) is 2.72. The molecule has 2 heterocycles. The van der Waals surface area contributed by atoms with Crippen LogP contribution in [0.15, 0.2) is 0 Å². The Bertz CT molecular complexity index is 573. The lowest BCUT2D eigenvalue weighted by atomic mass is 9.87. The minimum atomic E-state index is -1.55. The molecule has 0 aromatic rings. The first-order chi connectivity index (χ1) is 14.7. The first-order valence-corrected chi connectivity index (χ1v) is 9.82. The summed E-state index contributed by atoms with van der Waals surface area (Å²) in [7, 11) is 0. The molecule has 12 nitrogen and oxygen atoms in total. The SMILES string of the molecule is C1OCC2(CO1)COCOC2.CCOC(=O)CC(C(=O)OCC)C(CC(=O)O)C(=O)O. The van der Waals surface area contributed by atoms with Crippen molar-refractivity contribution < 1.29 is 57.8 Å². The van der Waals surface area contributed by atoms with Crippen molar-refractivity contribution in [2.24, 2.45) is 17.3 Å². The number of carbonyl (C=O) groups is 4. The van der Waals surface area contributed by atoms with E-state index in [0.717, 1.165) is 0 Å². The predicted molar refractivity (Wildman–Crippen MR) is 101 cm³/mol. The number of ether oxygens (including phenoxy) is 6. The molecule has 0 aliphatic carbocycles. The number of carboxylic acid groups (broad SMARTS) is 2. The van der Waals surface area contributed by atoms with Gasteiger partial charge in [0, 0.05) is 0 Å². The molecule has 2 aliphatic heterocycles. The van der Waals surface area contributed by atoms with Crippen LogP contribution in [0.1, 0.15) is 26.7 Å². The van der Waals surface area contributed by atoms with Crippen LogP contribution < -0.4 is 0 Å². The summed E-state index contributed by atoms with van der Waals surface area (Å²) in [4.78, 5) is 44.9. The van der Waals surface area contributed by atoms with E-state index in [1.165, 1.54) is 6.92 Å². The van der Waals surface area contributed by atoms with Gasteiger partial charge in [0.05, 0.1) is 69.7 Å². The van der Waals surface area contributed by atoms with Crippen molar-refractivity contribution in [2.45, 2.75) is 26.7 Å². The fraction of sp³-hybridized carbons (Fsp3) is 0.789. The largest absolute Gasteiger partial charge is 0.481 e. The number of hydrogen-bond acceptors (Lipinski definition) is 10. The molecule has 0 radical (unpaired) electrons. The van der Waals surface area contributed by atoms with Gasteiger partial charge < -0.3 is 38.6 Å². The Kier molecular flexibility index (Phi) is 12.0. The lowest BCUT2D eigenvalue weighted by Gasteiger charge is -2.38. The zero-order valence-electron chi connectivity index (χ0n) is 17.7. The molecule has 0 amide bonds. The molecule has 2 unspecified atom stereocenters. The van der Waals surface area contributed by atoms with Crippen LogP contribution in [0.4, 0.5) is 0 Å². The van der Waals surface area contributed by atoms with Crippen LogP contribution in [-0.4, -0.2) is 87.3 Å². The molecular weight excluding hydrogens is 420 g/mol. The molecule has 2 rings (SSSR count). The van der Waals surface area contributed by atoms with Gasteiger partial charge in [0.2, 0.25) is 0 Å². The van der Waals surface area contributed by atoms with Crippen molar-refractivity contribution in [3.63, 3.8) is 0 Å². The molecule has 0 bridgehead atoms. The minimum absolute atomic E-state index is 0.00241. The standard InChI is InChI=1S/C12H18O8.C7H12O4/c1-3-19-10(15)6-8(12(18)20-4-2)7(11(16)17)5-9(13)14;1-7(2-9-5-8-1)3-10-6-11-4-7/h7-8H,3-6H2,1-2H3,(H,13,14)(H,16,17);1-6H2. The maximum atomic E-state index is 11.7. The minimum Gasteiger partial charge on any atom is -0.481 e. The van der Waals surface area contributed by atoms with Gasteiger partial charge in [-0.25, -0.2) is 0 Å². The highest BCUT2D eigenvalue weighted by atomic mass is 16.7. The van der Waals surface area contributed by atoms with Gasteiger partial charge in [-0.15, -0.1) is 0 Å². The molecule has 2 aliphatic rings. The number of hydrogen-bond donors (Lipinski definition) is 2. The quantitative estimate of drug-likeness (QED) is 0.462. The van der Waals surface area contributed by atoms with Crippen LogP contribution in [0.25, 0.3) is 0 Å². The summed E-state index contributed by atoms with van der Waals surface area (Å²) in [6.45, 7) is 6.71. The smallest absolute Gasteiger partial charge is 0.310 e. The van der Waals surface area contributed by atoms with Gasteiger partial charge in [-0.05, 0) is 13.8 Å². The number of carboxylic acids is 2. The van der Waals surface area contributed by atoms with E-state index in [4.69, 9.17) is 33.9 Å². The predicted octanol–water partition coefficient (Wildman–Crippen LogP) is 0.276. The van der Waals surface area contributed by atoms with Gasteiger partial charge in [0.25, 0.3) is 0 Å². The van der Waals surface area contributed by atoms with Gasteiger partial charge >= 0.3 is 23.9 Å². The number of carbonyl (C=O) groups excluding carboxylic acids is 2. The maximum absolute atomic E-state index is 11.7. The zero-order chi connectivity index (χ0) is 23.3. The van der Waals surface area contributed by atoms with Crippen LogP contribution in [0.3, 0.4) is 0 Å². The molecular formula is C19H30O12. The first-order valence-electron chi connectivity index (χ1n) is 9.82. The number of rotatable bonds is 9. The third-order valence-corrected chi connectivity index (χ3v) is 4.45. The van der Waals surface area contributed by atoms with Crippen molar-refractivity contribution in [2.75, 3.05) is 53.2 Å². The van der Waals surface area contributed by atoms with Crippen molar-refractivity contribution in [3.8, 4) is 0 Å². The molecule has 2 fully saturated rings. The molecule has 0 aromatic heterocycles. The van der Waals surface area contributed by atoms with Gasteiger partial charge in [0.1, 0.15) is 13.6 Å². The summed E-state index contributed by atoms with van der Waals surface area (Å²) in [5.41, 5.74) is -0.0312. The molecule has 0 saturated carbocycles. The zero-order valence-corrected chi connectivity index (χ0v) is 17.7. The molecule has 31 heavy (non-hydrogen) atoms. The molecule has 2 N–H and O–H groups in total. The van der Waals surface area contributed by atoms with E-state index in [1.807, 2.05) is 0 Å². The van der Waals surface area contributed by atoms with Crippen LogP contribution >= 0.6 is 0 Å². The highest BCUT2D eigenvalue weighted by Crippen LogP contribution is 2.26. The third kappa shape index (κ3) is 9.59. The number of aliphatic carboxylic acids is 2. The summed E-state index contributed by atoms with van der Waals surface area (Å²) in [5.74, 6) is -7.49. The van der Waals surface area contributed by atoms with E-state index in [9.17, 15) is 19.2 Å². The molecule has 2 atom stereocenters. The summed E-state index contributed by atoms with van der Waals surface area (Å²) >= 11 is 0. The van der Waals surface area contributed by atoms with Crippen LogP contribution in [0.5, 0.6) is 0 Å². The molecule has 1 spiro atoms. The summed E-state index contributed by atoms with van der Waals surface area (Å²) < 4.78 is 30.1. The van der Waals surface area contributed by atoms with Crippen LogP contribution in [-0.2, 0) is 47.6 Å². The Morgan fingerprint density at radius 1 is 0.806 bits per heavy atom. The van der Waals surface area contributed by atoms with Crippen molar-refractivity contribution >= 4 is 23.9 Å². The normalized spacial score (nSPS) is 19.3. The third-order valence-electron chi connectivity index (χ3n) is 4.45. The van der Waals surface area contributed by atoms with Gasteiger partial charge in [-0.3, -0.25) is 19.2 Å². The molecule has 0 aromatic carbocycles. The second kappa shape index (κ2) is 13.9. The highest BCUT2D eigenvalue weighted by Gasteiger charge is 2.38. The Balaban J connectivity index is 0.000000361. The van der Waals surface area contributed by atoms with Crippen molar-refractivity contribution in [1.29, 1.82) is 0 Å². The Labute approximate surface area is 179 Å². The second-order valence-corrected chi connectivity index (χ2v) is 7.04. The van der Waals surface area contributed by atoms with Crippen molar-refractivity contribution in [3.05, 3.63) is 0 Å². The van der Waals surface area contributed by atoms with Crippen LogP contribution in [0.2, 0.25) is 0 Å². The maximum Gasteiger partial charge on any atom is 0.310 e. The lowest BCUT2D eigenvalue weighted by molar-refractivity contribution is -0.245. The van der Waals surface area contributed by atoms with E-state index in [2.05, 4.69) is 4.74 Å². The fourth-order valence-corrected chi connectivity index (χ4v) is 3.03. The topological polar surface area (TPSA) is 164 Å². The lowest BCUT2D eigenvalue weighted by Crippen LogP contribution is -2.47. The Hall–Kier alpha value is -2.28. The van der Waals surface area contributed by atoms with Gasteiger partial charge in [-0.1, -0.05) is 0 Å². The Morgan fingerprint density at radius 3 is 1.68 bits per heavy atom. The van der Waals surface area contributed by atoms with Crippen molar-refractivity contribution in [1.82, 2.24) is 0 Å². The van der Waals surface area contributed by atoms with E-state index < -0.39 is 48.6 Å². The molecule has 2 saturated heterocycles. The second-order valence-electron chi connectivity index (χ2n) is 7.04. The Morgan fingerprint density at radius 2 is 1.29 bits per heavy atom. The number of esters is 2. The summed E-state index contributed by atoms with van der Waals surface area (Å²) in [6, 6.07) is 0. The van der Waals surface area contributed by atoms with E-state index in [0.29, 0.717) is 40.0 Å². The van der Waals surface area contributed by atoms with Gasteiger partial charge in [-0.2, -0.15) is 0 Å². The summed E-state index contributed by atoms with van der Waals surface area (Å²) in [5, 5.41) is 17.7. The molecule has 12 heteroatoms. The van der Waals surface area contributed by atoms with E-state index in [-0.39, 0.29) is 18.6 Å². The first kappa shape index (κ1) is 26.8. The van der Waals surface area contributed by atoms with Gasteiger partial charge in [0.15, 0.2) is 0 Å². The average molecular weight is 450 g/mol. The van der Waals surface area contributed by atoms with Crippen LogP contribution in [0, 0.1) is 17.3 Å². The summed E-state index contributed by atoms with van der Waals surface area (Å²) in [6.07, 6.45) is -1.31. The molecule has 178 valence electrons.